The van der Waals surface area contributed by atoms with Crippen LogP contribution in [0.15, 0.2) is 24.5 Å². The third-order valence-electron chi connectivity index (χ3n) is 3.70. The predicted octanol–water partition coefficient (Wildman–Crippen LogP) is 1.98. The standard InChI is InChI=1S/C14H23N3S/c1-17(10-12-4-2-6-16-9-12)14(8-15)13-5-3-7-18-11-13/h2,4,6,9,13-14H,3,5,7-8,10-11,15H2,1H3. The van der Waals surface area contributed by atoms with Gasteiger partial charge in [0.2, 0.25) is 0 Å². The normalized spacial score (nSPS) is 22.1. The minimum Gasteiger partial charge on any atom is -0.329 e. The van der Waals surface area contributed by atoms with E-state index in [0.717, 1.165) is 19.0 Å². The van der Waals surface area contributed by atoms with E-state index >= 15 is 0 Å². The summed E-state index contributed by atoms with van der Waals surface area (Å²) in [5.74, 6) is 3.33. The first-order valence-electron chi connectivity index (χ1n) is 6.68. The zero-order chi connectivity index (χ0) is 12.8. The number of hydrogen-bond donors (Lipinski definition) is 1. The van der Waals surface area contributed by atoms with Gasteiger partial charge in [0.25, 0.3) is 0 Å². The maximum Gasteiger partial charge on any atom is 0.0312 e. The molecule has 0 bridgehead atoms. The fraction of sp³-hybridized carbons (Fsp3) is 0.643. The number of hydrogen-bond acceptors (Lipinski definition) is 4. The van der Waals surface area contributed by atoms with Crippen LogP contribution in [0.4, 0.5) is 0 Å². The van der Waals surface area contributed by atoms with Crippen molar-refractivity contribution in [2.45, 2.75) is 25.4 Å². The summed E-state index contributed by atoms with van der Waals surface area (Å²) in [6.45, 7) is 1.69. The lowest BCUT2D eigenvalue weighted by Crippen LogP contribution is -2.44. The molecule has 2 rings (SSSR count). The molecule has 0 saturated carbocycles. The van der Waals surface area contributed by atoms with E-state index in [2.05, 4.69) is 34.8 Å². The van der Waals surface area contributed by atoms with E-state index in [1.54, 1.807) is 0 Å². The summed E-state index contributed by atoms with van der Waals surface area (Å²) in [6.07, 6.45) is 6.43. The van der Waals surface area contributed by atoms with Crippen LogP contribution in [0.2, 0.25) is 0 Å². The lowest BCUT2D eigenvalue weighted by molar-refractivity contribution is 0.175. The maximum atomic E-state index is 5.99. The average Bonchev–Trinajstić information content (AvgIpc) is 2.42. The number of likely N-dealkylation sites (N-methyl/N-ethyl adjacent to an activating group) is 1. The van der Waals surface area contributed by atoms with Crippen molar-refractivity contribution < 1.29 is 0 Å². The number of thioether (sulfide) groups is 1. The first-order chi connectivity index (χ1) is 8.81. The van der Waals surface area contributed by atoms with Crippen molar-refractivity contribution in [3.05, 3.63) is 30.1 Å². The van der Waals surface area contributed by atoms with Gasteiger partial charge in [0, 0.05) is 31.5 Å². The molecule has 0 radical (unpaired) electrons. The largest absolute Gasteiger partial charge is 0.329 e. The maximum absolute atomic E-state index is 5.99. The van der Waals surface area contributed by atoms with Gasteiger partial charge >= 0.3 is 0 Å². The highest BCUT2D eigenvalue weighted by Gasteiger charge is 2.26. The Bertz CT molecular complexity index is 338. The minimum atomic E-state index is 0.498. The van der Waals surface area contributed by atoms with Crippen LogP contribution in [0, 0.1) is 5.92 Å². The molecule has 0 spiro atoms. The van der Waals surface area contributed by atoms with Gasteiger partial charge < -0.3 is 5.73 Å². The highest BCUT2D eigenvalue weighted by atomic mass is 32.2. The first kappa shape index (κ1) is 13.8. The highest BCUT2D eigenvalue weighted by molar-refractivity contribution is 7.99. The molecule has 0 aromatic carbocycles. The van der Waals surface area contributed by atoms with Crippen LogP contribution in [-0.2, 0) is 6.54 Å². The fourth-order valence-electron chi connectivity index (χ4n) is 2.70. The van der Waals surface area contributed by atoms with Crippen LogP contribution in [0.5, 0.6) is 0 Å². The Labute approximate surface area is 114 Å². The van der Waals surface area contributed by atoms with Crippen LogP contribution >= 0.6 is 11.8 Å². The van der Waals surface area contributed by atoms with Gasteiger partial charge in [-0.3, -0.25) is 9.88 Å². The molecule has 1 fully saturated rings. The molecule has 2 N–H and O–H groups in total. The molecule has 4 heteroatoms. The Morgan fingerprint density at radius 2 is 2.50 bits per heavy atom. The van der Waals surface area contributed by atoms with E-state index < -0.39 is 0 Å². The van der Waals surface area contributed by atoms with Crippen LogP contribution in [0.3, 0.4) is 0 Å². The zero-order valence-electron chi connectivity index (χ0n) is 11.1. The van der Waals surface area contributed by atoms with Gasteiger partial charge in [0.15, 0.2) is 0 Å². The van der Waals surface area contributed by atoms with E-state index in [1.165, 1.54) is 29.9 Å². The highest BCUT2D eigenvalue weighted by Crippen LogP contribution is 2.27. The fourth-order valence-corrected chi connectivity index (χ4v) is 3.93. The van der Waals surface area contributed by atoms with Gasteiger partial charge in [-0.15, -0.1) is 0 Å². The second-order valence-electron chi connectivity index (χ2n) is 5.06. The molecule has 2 atom stereocenters. The summed E-state index contributed by atoms with van der Waals surface area (Å²) in [4.78, 5) is 6.57. The quantitative estimate of drug-likeness (QED) is 0.884. The number of aromatic nitrogens is 1. The van der Waals surface area contributed by atoms with Gasteiger partial charge in [0.05, 0.1) is 0 Å². The SMILES string of the molecule is CN(Cc1cccnc1)C(CN)C1CCCSC1. The molecule has 2 unspecified atom stereocenters. The number of nitrogens with zero attached hydrogens (tertiary/aromatic N) is 2. The third-order valence-corrected chi connectivity index (χ3v) is 4.94. The van der Waals surface area contributed by atoms with Crippen molar-refractivity contribution in [1.82, 2.24) is 9.88 Å². The molecule has 1 aliphatic heterocycles. The molecule has 2 heterocycles. The molecule has 1 aromatic heterocycles. The topological polar surface area (TPSA) is 42.2 Å². The zero-order valence-corrected chi connectivity index (χ0v) is 11.9. The van der Waals surface area contributed by atoms with Gasteiger partial charge in [-0.05, 0) is 48.9 Å². The van der Waals surface area contributed by atoms with Crippen LogP contribution in [0.25, 0.3) is 0 Å². The Morgan fingerprint density at radius 1 is 1.61 bits per heavy atom. The lowest BCUT2D eigenvalue weighted by Gasteiger charge is -2.35. The minimum absolute atomic E-state index is 0.498. The molecule has 1 saturated heterocycles. The van der Waals surface area contributed by atoms with Gasteiger partial charge in [-0.1, -0.05) is 6.07 Å². The van der Waals surface area contributed by atoms with Crippen LogP contribution in [-0.4, -0.2) is 41.0 Å². The van der Waals surface area contributed by atoms with E-state index in [4.69, 9.17) is 5.73 Å². The van der Waals surface area contributed by atoms with Crippen molar-refractivity contribution >= 4 is 11.8 Å². The molecule has 1 aromatic rings. The Balaban J connectivity index is 1.94. The van der Waals surface area contributed by atoms with E-state index in [-0.39, 0.29) is 0 Å². The van der Waals surface area contributed by atoms with E-state index in [0.29, 0.717) is 6.04 Å². The number of nitrogens with two attached hydrogens (primary N) is 1. The third kappa shape index (κ3) is 3.70. The Hall–Kier alpha value is -0.580. The Morgan fingerprint density at radius 3 is 3.11 bits per heavy atom. The van der Waals surface area contributed by atoms with Gasteiger partial charge in [-0.25, -0.2) is 0 Å². The predicted molar refractivity (Wildman–Crippen MR) is 78.6 cm³/mol. The van der Waals surface area contributed by atoms with Crippen molar-refractivity contribution in [1.29, 1.82) is 0 Å². The van der Waals surface area contributed by atoms with Crippen molar-refractivity contribution in [2.75, 3.05) is 25.1 Å². The number of rotatable bonds is 5. The molecular weight excluding hydrogens is 242 g/mol. The van der Waals surface area contributed by atoms with Gasteiger partial charge in [0.1, 0.15) is 0 Å². The van der Waals surface area contributed by atoms with Crippen LogP contribution < -0.4 is 5.73 Å². The monoisotopic (exact) mass is 265 g/mol. The smallest absolute Gasteiger partial charge is 0.0312 e. The average molecular weight is 265 g/mol. The molecule has 0 aliphatic carbocycles. The molecular formula is C14H23N3S. The molecule has 1 aliphatic rings. The summed E-state index contributed by atoms with van der Waals surface area (Å²) < 4.78 is 0. The molecule has 100 valence electrons. The van der Waals surface area contributed by atoms with E-state index in [1.807, 2.05) is 18.5 Å². The van der Waals surface area contributed by atoms with Crippen molar-refractivity contribution in [3.8, 4) is 0 Å². The Kier molecular flexibility index (Phi) is 5.47. The van der Waals surface area contributed by atoms with Crippen molar-refractivity contribution in [3.63, 3.8) is 0 Å². The van der Waals surface area contributed by atoms with Gasteiger partial charge in [-0.2, -0.15) is 11.8 Å². The number of pyridine rings is 1. The summed E-state index contributed by atoms with van der Waals surface area (Å²) in [5, 5.41) is 0. The molecule has 0 amide bonds. The second-order valence-corrected chi connectivity index (χ2v) is 6.21. The summed E-state index contributed by atoms with van der Waals surface area (Å²) in [7, 11) is 2.18. The van der Waals surface area contributed by atoms with Crippen molar-refractivity contribution in [2.24, 2.45) is 11.7 Å². The summed E-state index contributed by atoms with van der Waals surface area (Å²) in [5.41, 5.74) is 7.26. The molecule has 3 nitrogen and oxygen atoms in total. The lowest BCUT2D eigenvalue weighted by atomic mass is 9.95. The van der Waals surface area contributed by atoms with Crippen LogP contribution in [0.1, 0.15) is 18.4 Å². The van der Waals surface area contributed by atoms with E-state index in [9.17, 15) is 0 Å². The molecule has 18 heavy (non-hydrogen) atoms. The summed E-state index contributed by atoms with van der Waals surface area (Å²) >= 11 is 2.08. The first-order valence-corrected chi connectivity index (χ1v) is 7.83. The second kappa shape index (κ2) is 7.12. The summed E-state index contributed by atoms with van der Waals surface area (Å²) in [6, 6.07) is 4.63.